The minimum atomic E-state index is 0.616. The number of piperidine rings is 1. The second-order valence-corrected chi connectivity index (χ2v) is 7.91. The van der Waals surface area contributed by atoms with Crippen LogP contribution in [0.4, 0.5) is 5.95 Å². The molecule has 0 aliphatic carbocycles. The zero-order valence-corrected chi connectivity index (χ0v) is 17.1. The molecule has 1 saturated heterocycles. The van der Waals surface area contributed by atoms with E-state index in [1.165, 1.54) is 30.5 Å². The van der Waals surface area contributed by atoms with Gasteiger partial charge in [0.05, 0.1) is 11.9 Å². The van der Waals surface area contributed by atoms with Gasteiger partial charge in [-0.2, -0.15) is 5.10 Å². The molecule has 2 heterocycles. The molecule has 29 heavy (non-hydrogen) atoms. The molecule has 1 N–H and O–H groups in total. The van der Waals surface area contributed by atoms with E-state index < -0.39 is 0 Å². The minimum absolute atomic E-state index is 0.616. The van der Waals surface area contributed by atoms with Crippen molar-refractivity contribution in [3.8, 4) is 11.3 Å². The molecule has 0 radical (unpaired) electrons. The number of anilines is 1. The van der Waals surface area contributed by atoms with Gasteiger partial charge in [-0.3, -0.25) is 0 Å². The smallest absolute Gasteiger partial charge is 0.243 e. The second-order valence-electron chi connectivity index (χ2n) is 7.91. The molecule has 0 unspecified atom stereocenters. The fourth-order valence-corrected chi connectivity index (χ4v) is 4.06. The van der Waals surface area contributed by atoms with Crippen molar-refractivity contribution in [1.29, 1.82) is 0 Å². The lowest BCUT2D eigenvalue weighted by Gasteiger charge is -2.32. The second kappa shape index (κ2) is 9.61. The van der Waals surface area contributed by atoms with E-state index in [4.69, 9.17) is 0 Å². The maximum atomic E-state index is 4.68. The maximum Gasteiger partial charge on any atom is 0.243 e. The van der Waals surface area contributed by atoms with E-state index in [2.05, 4.69) is 74.8 Å². The summed E-state index contributed by atoms with van der Waals surface area (Å²) < 4.78 is 0. The molecule has 1 fully saturated rings. The number of hydrogen-bond acceptors (Lipinski definition) is 5. The molecule has 1 aliphatic rings. The van der Waals surface area contributed by atoms with Crippen LogP contribution in [-0.2, 0) is 6.42 Å². The van der Waals surface area contributed by atoms with Crippen molar-refractivity contribution in [3.63, 3.8) is 0 Å². The third-order valence-corrected chi connectivity index (χ3v) is 5.69. The van der Waals surface area contributed by atoms with E-state index in [1.807, 2.05) is 12.1 Å². The van der Waals surface area contributed by atoms with Crippen molar-refractivity contribution in [1.82, 2.24) is 20.1 Å². The molecule has 0 saturated carbocycles. The molecule has 0 amide bonds. The lowest BCUT2D eigenvalue weighted by molar-refractivity contribution is 0.182. The Morgan fingerprint density at radius 2 is 1.90 bits per heavy atom. The number of likely N-dealkylation sites (tertiary alicyclic amines) is 1. The van der Waals surface area contributed by atoms with Gasteiger partial charge >= 0.3 is 0 Å². The Morgan fingerprint density at radius 3 is 2.76 bits per heavy atom. The molecule has 1 atom stereocenters. The zero-order chi connectivity index (χ0) is 19.9. The summed E-state index contributed by atoms with van der Waals surface area (Å²) in [7, 11) is 0. The van der Waals surface area contributed by atoms with Gasteiger partial charge in [-0.15, -0.1) is 5.10 Å². The first-order valence-corrected chi connectivity index (χ1v) is 10.5. The van der Waals surface area contributed by atoms with Crippen LogP contribution in [0.1, 0.15) is 24.0 Å². The molecule has 0 bridgehead atoms. The fraction of sp³-hybridized carbons (Fsp3) is 0.375. The first-order chi connectivity index (χ1) is 14.3. The molecule has 5 heteroatoms. The van der Waals surface area contributed by atoms with Crippen LogP contribution in [0.3, 0.4) is 0 Å². The van der Waals surface area contributed by atoms with Gasteiger partial charge in [0.1, 0.15) is 0 Å². The number of rotatable bonds is 7. The highest BCUT2D eigenvalue weighted by molar-refractivity contribution is 5.63. The summed E-state index contributed by atoms with van der Waals surface area (Å²) in [5.41, 5.74) is 4.59. The quantitative estimate of drug-likeness (QED) is 0.658. The van der Waals surface area contributed by atoms with Gasteiger partial charge in [0.2, 0.25) is 5.95 Å². The number of hydrogen-bond donors (Lipinski definition) is 1. The lowest BCUT2D eigenvalue weighted by Crippen LogP contribution is -2.39. The minimum Gasteiger partial charge on any atom is -0.353 e. The Morgan fingerprint density at radius 1 is 1.07 bits per heavy atom. The number of aromatic nitrogens is 3. The predicted octanol–water partition coefficient (Wildman–Crippen LogP) is 4.21. The van der Waals surface area contributed by atoms with Crippen molar-refractivity contribution in [2.75, 3.05) is 31.5 Å². The summed E-state index contributed by atoms with van der Waals surface area (Å²) in [5, 5.41) is 11.8. The molecule has 2 aromatic carbocycles. The molecule has 5 nitrogen and oxygen atoms in total. The summed E-state index contributed by atoms with van der Waals surface area (Å²) >= 11 is 0. The van der Waals surface area contributed by atoms with Crippen LogP contribution in [0.2, 0.25) is 0 Å². The number of nitrogens with one attached hydrogen (secondary N) is 1. The molecular formula is C24H29N5. The van der Waals surface area contributed by atoms with Crippen LogP contribution in [0.25, 0.3) is 11.3 Å². The maximum absolute atomic E-state index is 4.68. The van der Waals surface area contributed by atoms with Crippen LogP contribution < -0.4 is 5.32 Å². The van der Waals surface area contributed by atoms with Crippen LogP contribution in [0, 0.1) is 12.8 Å². The number of nitrogens with zero attached hydrogens (tertiary/aromatic N) is 4. The van der Waals surface area contributed by atoms with Crippen molar-refractivity contribution in [2.45, 2.75) is 26.2 Å². The van der Waals surface area contributed by atoms with Crippen LogP contribution in [0.15, 0.2) is 60.8 Å². The van der Waals surface area contributed by atoms with Crippen LogP contribution in [0.5, 0.6) is 0 Å². The van der Waals surface area contributed by atoms with Gasteiger partial charge in [0, 0.05) is 25.2 Å². The van der Waals surface area contributed by atoms with Crippen molar-refractivity contribution < 1.29 is 0 Å². The average molecular weight is 388 g/mol. The third kappa shape index (κ3) is 5.39. The SMILES string of the molecule is Cc1ccccc1-c1cnnc(NC[C@H]2CCCN(CCc3ccccc3)C2)n1. The van der Waals surface area contributed by atoms with E-state index >= 15 is 0 Å². The van der Waals surface area contributed by atoms with Gasteiger partial charge in [0.15, 0.2) is 0 Å². The molecule has 1 aromatic heterocycles. The highest BCUT2D eigenvalue weighted by Crippen LogP contribution is 2.21. The van der Waals surface area contributed by atoms with E-state index in [-0.39, 0.29) is 0 Å². The van der Waals surface area contributed by atoms with Crippen LogP contribution in [-0.4, -0.2) is 46.3 Å². The fourth-order valence-electron chi connectivity index (χ4n) is 4.06. The Bertz CT molecular complexity index is 912. The Hall–Kier alpha value is -2.79. The van der Waals surface area contributed by atoms with E-state index in [0.29, 0.717) is 11.9 Å². The van der Waals surface area contributed by atoms with Gasteiger partial charge in [-0.05, 0) is 49.8 Å². The largest absolute Gasteiger partial charge is 0.353 e. The summed E-state index contributed by atoms with van der Waals surface area (Å²) in [5.74, 6) is 1.23. The Kier molecular flexibility index (Phi) is 6.47. The lowest BCUT2D eigenvalue weighted by atomic mass is 9.97. The zero-order valence-electron chi connectivity index (χ0n) is 17.1. The topological polar surface area (TPSA) is 53.9 Å². The van der Waals surface area contributed by atoms with E-state index in [1.54, 1.807) is 6.20 Å². The van der Waals surface area contributed by atoms with Crippen molar-refractivity contribution in [2.24, 2.45) is 5.92 Å². The molecule has 1 aliphatic heterocycles. The summed E-state index contributed by atoms with van der Waals surface area (Å²) in [4.78, 5) is 7.27. The molecular weight excluding hydrogens is 358 g/mol. The third-order valence-electron chi connectivity index (χ3n) is 5.69. The van der Waals surface area contributed by atoms with Crippen molar-refractivity contribution >= 4 is 5.95 Å². The van der Waals surface area contributed by atoms with Gasteiger partial charge < -0.3 is 10.2 Å². The summed E-state index contributed by atoms with van der Waals surface area (Å²) in [6.45, 7) is 6.44. The predicted molar refractivity (Wildman–Crippen MR) is 118 cm³/mol. The van der Waals surface area contributed by atoms with Crippen LogP contribution >= 0.6 is 0 Å². The number of aryl methyl sites for hydroxylation is 1. The normalized spacial score (nSPS) is 17.2. The molecule has 4 rings (SSSR count). The van der Waals surface area contributed by atoms with E-state index in [0.717, 1.165) is 37.3 Å². The molecule has 0 spiro atoms. The average Bonchev–Trinajstić information content (AvgIpc) is 2.78. The Labute approximate surface area is 173 Å². The molecule has 3 aromatic rings. The summed E-state index contributed by atoms with van der Waals surface area (Å²) in [6.07, 6.45) is 5.36. The van der Waals surface area contributed by atoms with E-state index in [9.17, 15) is 0 Å². The standard InChI is InChI=1S/C24H29N5/c1-19-8-5-6-12-22(19)23-17-26-28-24(27-23)25-16-21-11-7-14-29(18-21)15-13-20-9-3-2-4-10-20/h2-6,8-10,12,17,21H,7,11,13-16,18H2,1H3,(H,25,27,28)/t21-/m1/s1. The highest BCUT2D eigenvalue weighted by atomic mass is 15.2. The highest BCUT2D eigenvalue weighted by Gasteiger charge is 2.20. The van der Waals surface area contributed by atoms with Gasteiger partial charge in [-0.25, -0.2) is 4.98 Å². The first kappa shape index (κ1) is 19.5. The Balaban J connectivity index is 1.31. The number of benzene rings is 2. The van der Waals surface area contributed by atoms with Gasteiger partial charge in [0.25, 0.3) is 0 Å². The van der Waals surface area contributed by atoms with Crippen molar-refractivity contribution in [3.05, 3.63) is 71.9 Å². The monoisotopic (exact) mass is 387 g/mol. The summed E-state index contributed by atoms with van der Waals surface area (Å²) in [6, 6.07) is 19.0. The first-order valence-electron chi connectivity index (χ1n) is 10.5. The van der Waals surface area contributed by atoms with Gasteiger partial charge in [-0.1, -0.05) is 54.6 Å². The molecule has 150 valence electrons.